The van der Waals surface area contributed by atoms with Crippen molar-refractivity contribution in [1.29, 1.82) is 0 Å². The molecule has 0 bridgehead atoms. The van der Waals surface area contributed by atoms with Crippen LogP contribution in [-0.2, 0) is 5.41 Å². The van der Waals surface area contributed by atoms with Gasteiger partial charge in [0.25, 0.3) is 0 Å². The molecule has 0 amide bonds. The van der Waals surface area contributed by atoms with Gasteiger partial charge < -0.3 is 10.2 Å². The molecule has 0 aromatic heterocycles. The summed E-state index contributed by atoms with van der Waals surface area (Å²) in [5.74, 6) is 0. The predicted octanol–water partition coefficient (Wildman–Crippen LogP) is 3.02. The maximum Gasteiger partial charge on any atom is 0.0175 e. The van der Waals surface area contributed by atoms with Crippen LogP contribution >= 0.6 is 15.9 Å². The molecule has 1 fully saturated rings. The first-order valence-electron chi connectivity index (χ1n) is 6.83. The summed E-state index contributed by atoms with van der Waals surface area (Å²) < 4.78 is 1.16. The van der Waals surface area contributed by atoms with Gasteiger partial charge in [-0.05, 0) is 57.2 Å². The zero-order valence-corrected chi connectivity index (χ0v) is 13.0. The molecule has 2 nitrogen and oxygen atoms in total. The summed E-state index contributed by atoms with van der Waals surface area (Å²) in [6, 6.07) is 8.89. The topological polar surface area (TPSA) is 15.3 Å². The number of halogens is 1. The molecule has 1 heterocycles. The van der Waals surface area contributed by atoms with Crippen molar-refractivity contribution in [3.05, 3.63) is 34.3 Å². The maximum absolute atomic E-state index is 3.52. The first-order valence-corrected chi connectivity index (χ1v) is 7.62. The number of nitrogens with one attached hydrogen (secondary N) is 1. The Hall–Kier alpha value is -0.380. The summed E-state index contributed by atoms with van der Waals surface area (Å²) in [5.41, 5.74) is 1.80. The van der Waals surface area contributed by atoms with Gasteiger partial charge in [0, 0.05) is 16.4 Å². The van der Waals surface area contributed by atoms with Crippen molar-refractivity contribution in [3.8, 4) is 0 Å². The molecule has 0 spiro atoms. The van der Waals surface area contributed by atoms with E-state index < -0.39 is 0 Å². The van der Waals surface area contributed by atoms with Crippen LogP contribution in [0.1, 0.15) is 25.3 Å². The number of likely N-dealkylation sites (N-methyl/N-ethyl adjacent to an activating group) is 1. The second-order valence-electron chi connectivity index (χ2n) is 5.25. The highest BCUT2D eigenvalue weighted by atomic mass is 79.9. The van der Waals surface area contributed by atoms with Gasteiger partial charge in [-0.1, -0.05) is 35.0 Å². The van der Waals surface area contributed by atoms with Gasteiger partial charge in [-0.2, -0.15) is 0 Å². The van der Waals surface area contributed by atoms with E-state index in [1.54, 1.807) is 0 Å². The minimum Gasteiger partial charge on any atom is -0.319 e. The second-order valence-corrected chi connectivity index (χ2v) is 6.17. The molecule has 1 aromatic rings. The summed E-state index contributed by atoms with van der Waals surface area (Å²) in [7, 11) is 2.06. The highest BCUT2D eigenvalue weighted by molar-refractivity contribution is 9.10. The minimum atomic E-state index is 0.321. The summed E-state index contributed by atoms with van der Waals surface area (Å²) in [5, 5.41) is 3.39. The first-order chi connectivity index (χ1) is 8.70. The molecule has 18 heavy (non-hydrogen) atoms. The number of rotatable bonds is 4. The summed E-state index contributed by atoms with van der Waals surface area (Å²) >= 11 is 3.52. The lowest BCUT2D eigenvalue weighted by molar-refractivity contribution is 0.164. The van der Waals surface area contributed by atoms with E-state index in [1.807, 2.05) is 0 Å². The molecule has 2 rings (SSSR count). The Morgan fingerprint density at radius 3 is 2.33 bits per heavy atom. The molecule has 100 valence electrons. The number of piperidine rings is 1. The molecular formula is C15H23BrN2. The van der Waals surface area contributed by atoms with Crippen LogP contribution in [-0.4, -0.2) is 38.1 Å². The van der Waals surface area contributed by atoms with Crippen molar-refractivity contribution in [3.63, 3.8) is 0 Å². The Morgan fingerprint density at radius 1 is 1.22 bits per heavy atom. The molecule has 1 aliphatic rings. The molecule has 0 radical (unpaired) electrons. The molecule has 1 N–H and O–H groups in total. The van der Waals surface area contributed by atoms with E-state index in [0.717, 1.165) is 11.0 Å². The molecule has 1 aromatic carbocycles. The monoisotopic (exact) mass is 310 g/mol. The molecule has 1 aliphatic heterocycles. The zero-order chi connectivity index (χ0) is 13.0. The first kappa shape index (κ1) is 14.0. The van der Waals surface area contributed by atoms with E-state index in [0.29, 0.717) is 5.41 Å². The number of nitrogens with zero attached hydrogens (tertiary/aromatic N) is 1. The molecule has 0 unspecified atom stereocenters. The SMILES string of the molecule is CCN1CCC(CNC)(c2ccc(Br)cc2)CC1. The largest absolute Gasteiger partial charge is 0.319 e. The van der Waals surface area contributed by atoms with Crippen LogP contribution in [0.15, 0.2) is 28.7 Å². The number of hydrogen-bond acceptors (Lipinski definition) is 2. The summed E-state index contributed by atoms with van der Waals surface area (Å²) in [6.07, 6.45) is 2.51. The van der Waals surface area contributed by atoms with E-state index in [2.05, 4.69) is 64.4 Å². The van der Waals surface area contributed by atoms with Crippen molar-refractivity contribution in [2.75, 3.05) is 33.2 Å². The fourth-order valence-corrected chi connectivity index (χ4v) is 3.27. The van der Waals surface area contributed by atoms with Gasteiger partial charge in [0.15, 0.2) is 0 Å². The highest BCUT2D eigenvalue weighted by Gasteiger charge is 2.35. The summed E-state index contributed by atoms with van der Waals surface area (Å²) in [4.78, 5) is 2.55. The van der Waals surface area contributed by atoms with Gasteiger partial charge >= 0.3 is 0 Å². The third-order valence-corrected chi connectivity index (χ3v) is 4.76. The van der Waals surface area contributed by atoms with Crippen LogP contribution in [0.5, 0.6) is 0 Å². The van der Waals surface area contributed by atoms with Gasteiger partial charge in [0.2, 0.25) is 0 Å². The van der Waals surface area contributed by atoms with E-state index in [-0.39, 0.29) is 0 Å². The van der Waals surface area contributed by atoms with Crippen molar-refractivity contribution in [2.45, 2.75) is 25.2 Å². The van der Waals surface area contributed by atoms with Crippen LogP contribution in [0.25, 0.3) is 0 Å². The van der Waals surface area contributed by atoms with E-state index in [9.17, 15) is 0 Å². The lowest BCUT2D eigenvalue weighted by Crippen LogP contribution is -2.47. The Bertz CT molecular complexity index is 367. The van der Waals surface area contributed by atoms with E-state index in [4.69, 9.17) is 0 Å². The standard InChI is InChI=1S/C15H23BrN2/c1-3-18-10-8-15(9-11-18,12-17-2)13-4-6-14(16)7-5-13/h4-7,17H,3,8-12H2,1-2H3. The third-order valence-electron chi connectivity index (χ3n) is 4.23. The van der Waals surface area contributed by atoms with Crippen LogP contribution in [0.4, 0.5) is 0 Å². The van der Waals surface area contributed by atoms with E-state index >= 15 is 0 Å². The van der Waals surface area contributed by atoms with Crippen molar-refractivity contribution in [1.82, 2.24) is 10.2 Å². The minimum absolute atomic E-state index is 0.321. The fourth-order valence-electron chi connectivity index (χ4n) is 3.01. The van der Waals surface area contributed by atoms with Gasteiger partial charge in [0.1, 0.15) is 0 Å². The normalized spacial score (nSPS) is 19.9. The fraction of sp³-hybridized carbons (Fsp3) is 0.600. The average molecular weight is 311 g/mol. The number of hydrogen-bond donors (Lipinski definition) is 1. The van der Waals surface area contributed by atoms with Crippen LogP contribution in [0, 0.1) is 0 Å². The van der Waals surface area contributed by atoms with Crippen LogP contribution in [0.3, 0.4) is 0 Å². The lowest BCUT2D eigenvalue weighted by atomic mass is 9.72. The van der Waals surface area contributed by atoms with E-state index in [1.165, 1.54) is 38.0 Å². The Balaban J connectivity index is 2.19. The average Bonchev–Trinajstić information content (AvgIpc) is 2.40. The van der Waals surface area contributed by atoms with Crippen LogP contribution in [0.2, 0.25) is 0 Å². The van der Waals surface area contributed by atoms with Gasteiger partial charge in [-0.15, -0.1) is 0 Å². The molecule has 0 atom stereocenters. The highest BCUT2D eigenvalue weighted by Crippen LogP contribution is 2.35. The Morgan fingerprint density at radius 2 is 1.83 bits per heavy atom. The molecule has 0 saturated carbocycles. The van der Waals surface area contributed by atoms with Gasteiger partial charge in [-0.25, -0.2) is 0 Å². The smallest absolute Gasteiger partial charge is 0.0175 e. The van der Waals surface area contributed by atoms with Crippen molar-refractivity contribution >= 4 is 15.9 Å². The van der Waals surface area contributed by atoms with Crippen molar-refractivity contribution in [2.24, 2.45) is 0 Å². The lowest BCUT2D eigenvalue weighted by Gasteiger charge is -2.42. The quantitative estimate of drug-likeness (QED) is 0.919. The maximum atomic E-state index is 3.52. The third kappa shape index (κ3) is 2.95. The Labute approximate surface area is 119 Å². The molecular weight excluding hydrogens is 288 g/mol. The van der Waals surface area contributed by atoms with Crippen molar-refractivity contribution < 1.29 is 0 Å². The van der Waals surface area contributed by atoms with Crippen LogP contribution < -0.4 is 5.32 Å². The van der Waals surface area contributed by atoms with Gasteiger partial charge in [0.05, 0.1) is 0 Å². The zero-order valence-electron chi connectivity index (χ0n) is 11.4. The summed E-state index contributed by atoms with van der Waals surface area (Å²) in [6.45, 7) is 6.94. The molecule has 1 saturated heterocycles. The second kappa shape index (κ2) is 6.18. The molecule has 3 heteroatoms. The number of benzene rings is 1. The predicted molar refractivity (Wildman–Crippen MR) is 81.1 cm³/mol. The van der Waals surface area contributed by atoms with Gasteiger partial charge in [-0.3, -0.25) is 0 Å². The Kier molecular flexibility index (Phi) is 4.82. The molecule has 0 aliphatic carbocycles. The number of likely N-dealkylation sites (tertiary alicyclic amines) is 1.